The van der Waals surface area contributed by atoms with E-state index in [4.69, 9.17) is 9.72 Å². The first-order valence-electron chi connectivity index (χ1n) is 8.89. The smallest absolute Gasteiger partial charge is 0.132 e. The Morgan fingerprint density at radius 3 is 2.92 bits per heavy atom. The molecular weight excluding hydrogens is 334 g/mol. The highest BCUT2D eigenvalue weighted by molar-refractivity contribution is 7.18. The van der Waals surface area contributed by atoms with Gasteiger partial charge in [-0.05, 0) is 31.2 Å². The van der Waals surface area contributed by atoms with Gasteiger partial charge in [-0.15, -0.1) is 11.3 Å². The van der Waals surface area contributed by atoms with Crippen LogP contribution in [0.2, 0.25) is 0 Å². The summed E-state index contributed by atoms with van der Waals surface area (Å²) >= 11 is 1.72. The van der Waals surface area contributed by atoms with E-state index in [9.17, 15) is 4.79 Å². The normalized spacial score (nSPS) is 21.4. The topological polar surface area (TPSA) is 57.0 Å². The molecule has 6 heteroatoms. The number of carbonyl (C=O) groups excluding carboxylic acids is 1. The monoisotopic (exact) mass is 357 g/mol. The second-order valence-electron chi connectivity index (χ2n) is 7.21. The fraction of sp³-hybridized carbons (Fsp3) is 0.526. The van der Waals surface area contributed by atoms with E-state index in [-0.39, 0.29) is 17.9 Å². The first-order chi connectivity index (χ1) is 12.0. The van der Waals surface area contributed by atoms with Crippen molar-refractivity contribution in [1.82, 2.24) is 14.5 Å². The maximum Gasteiger partial charge on any atom is 0.132 e. The van der Waals surface area contributed by atoms with Crippen molar-refractivity contribution in [2.75, 3.05) is 6.61 Å². The minimum absolute atomic E-state index is 0.0643. The Balaban J connectivity index is 1.76. The molecule has 0 saturated carbocycles. The summed E-state index contributed by atoms with van der Waals surface area (Å²) < 4.78 is 9.60. The fourth-order valence-electron chi connectivity index (χ4n) is 3.75. The molecule has 0 aromatic carbocycles. The molecule has 1 fully saturated rings. The van der Waals surface area contributed by atoms with Crippen molar-refractivity contribution in [3.63, 3.8) is 0 Å². The van der Waals surface area contributed by atoms with E-state index in [0.717, 1.165) is 29.7 Å². The molecule has 0 bridgehead atoms. The Morgan fingerprint density at radius 2 is 2.24 bits per heavy atom. The zero-order valence-electron chi connectivity index (χ0n) is 14.9. The van der Waals surface area contributed by atoms with Crippen LogP contribution in [0.25, 0.3) is 21.3 Å². The van der Waals surface area contributed by atoms with Crippen LogP contribution in [-0.4, -0.2) is 33.0 Å². The van der Waals surface area contributed by atoms with E-state index < -0.39 is 0 Å². The van der Waals surface area contributed by atoms with Crippen LogP contribution in [0, 0.1) is 0 Å². The number of aromatic nitrogens is 3. The van der Waals surface area contributed by atoms with Crippen molar-refractivity contribution in [2.45, 2.75) is 58.1 Å². The summed E-state index contributed by atoms with van der Waals surface area (Å²) in [6, 6.07) is 2.32. The first-order valence-corrected chi connectivity index (χ1v) is 9.77. The third-order valence-electron chi connectivity index (χ3n) is 4.89. The lowest BCUT2D eigenvalue weighted by molar-refractivity contribution is -0.121. The molecule has 4 rings (SSSR count). The molecule has 3 aromatic heterocycles. The Labute approximate surface area is 151 Å². The molecule has 0 spiro atoms. The maximum atomic E-state index is 11.4. The lowest BCUT2D eigenvalue weighted by Gasteiger charge is -2.31. The van der Waals surface area contributed by atoms with Gasteiger partial charge in [-0.25, -0.2) is 4.98 Å². The fourth-order valence-corrected chi connectivity index (χ4v) is 4.64. The number of hydrogen-bond acceptors (Lipinski definition) is 5. The molecule has 0 unspecified atom stereocenters. The predicted octanol–water partition coefficient (Wildman–Crippen LogP) is 4.47. The van der Waals surface area contributed by atoms with Gasteiger partial charge in [0.2, 0.25) is 0 Å². The average molecular weight is 357 g/mol. The van der Waals surface area contributed by atoms with Gasteiger partial charge in [-0.1, -0.05) is 13.8 Å². The minimum Gasteiger partial charge on any atom is -0.376 e. The quantitative estimate of drug-likeness (QED) is 0.691. The van der Waals surface area contributed by atoms with Gasteiger partial charge in [0, 0.05) is 12.3 Å². The number of pyridine rings is 1. The number of ether oxygens (including phenoxy) is 1. The molecular formula is C19H23N3O2S. The van der Waals surface area contributed by atoms with Crippen LogP contribution in [0.15, 0.2) is 17.6 Å². The van der Waals surface area contributed by atoms with Gasteiger partial charge < -0.3 is 9.30 Å². The van der Waals surface area contributed by atoms with Gasteiger partial charge in [0.25, 0.3) is 0 Å². The molecule has 0 aliphatic carbocycles. The third-order valence-corrected chi connectivity index (χ3v) is 5.80. The Bertz CT molecular complexity index is 919. The molecule has 0 N–H and O–H groups in total. The van der Waals surface area contributed by atoms with E-state index in [1.807, 2.05) is 6.20 Å². The van der Waals surface area contributed by atoms with Crippen molar-refractivity contribution in [3.8, 4) is 0 Å². The second-order valence-corrected chi connectivity index (χ2v) is 8.13. The SMILES string of the molecule is CC(=O)C[C@H]1CC[C@H](n2c(C(C)C)nc3cnc4ccsc4c32)CO1. The van der Waals surface area contributed by atoms with Gasteiger partial charge >= 0.3 is 0 Å². The first kappa shape index (κ1) is 16.7. The number of thiophene rings is 1. The van der Waals surface area contributed by atoms with Crippen molar-refractivity contribution in [3.05, 3.63) is 23.5 Å². The summed E-state index contributed by atoms with van der Waals surface area (Å²) in [6.07, 6.45) is 4.40. The Kier molecular flexibility index (Phi) is 4.33. The largest absolute Gasteiger partial charge is 0.376 e. The number of hydrogen-bond donors (Lipinski definition) is 0. The number of Topliss-reactive ketones (excluding diaryl/α,β-unsaturated/α-hetero) is 1. The molecule has 5 nitrogen and oxygen atoms in total. The highest BCUT2D eigenvalue weighted by Gasteiger charge is 2.28. The van der Waals surface area contributed by atoms with E-state index in [0.29, 0.717) is 18.9 Å². The third kappa shape index (κ3) is 2.98. The minimum atomic E-state index is 0.0643. The summed E-state index contributed by atoms with van der Waals surface area (Å²) in [5, 5.41) is 2.09. The van der Waals surface area contributed by atoms with Crippen LogP contribution in [-0.2, 0) is 9.53 Å². The number of imidazole rings is 1. The van der Waals surface area contributed by atoms with Crippen LogP contribution < -0.4 is 0 Å². The number of nitrogens with zero attached hydrogens (tertiary/aromatic N) is 3. The molecule has 3 aromatic rings. The number of fused-ring (bicyclic) bond motifs is 3. The van der Waals surface area contributed by atoms with Gasteiger partial charge in [0.05, 0.1) is 40.7 Å². The summed E-state index contributed by atoms with van der Waals surface area (Å²) in [6.45, 7) is 6.63. The molecule has 0 amide bonds. The van der Waals surface area contributed by atoms with Gasteiger partial charge in [-0.3, -0.25) is 9.78 Å². The number of rotatable bonds is 4. The van der Waals surface area contributed by atoms with Gasteiger partial charge in [-0.2, -0.15) is 0 Å². The lowest BCUT2D eigenvalue weighted by atomic mass is 10.0. The van der Waals surface area contributed by atoms with Gasteiger partial charge in [0.15, 0.2) is 0 Å². The molecule has 132 valence electrons. The Hall–Kier alpha value is -1.79. The van der Waals surface area contributed by atoms with Crippen LogP contribution >= 0.6 is 11.3 Å². The van der Waals surface area contributed by atoms with Crippen molar-refractivity contribution < 1.29 is 9.53 Å². The lowest BCUT2D eigenvalue weighted by Crippen LogP contribution is -2.30. The van der Waals surface area contributed by atoms with Crippen LogP contribution in [0.1, 0.15) is 57.8 Å². The summed E-state index contributed by atoms with van der Waals surface area (Å²) in [5.74, 6) is 1.62. The molecule has 25 heavy (non-hydrogen) atoms. The highest BCUT2D eigenvalue weighted by atomic mass is 32.1. The molecule has 0 radical (unpaired) electrons. The summed E-state index contributed by atoms with van der Waals surface area (Å²) in [5.41, 5.74) is 3.17. The predicted molar refractivity (Wildman–Crippen MR) is 100 cm³/mol. The second kappa shape index (κ2) is 6.50. The molecule has 2 atom stereocenters. The van der Waals surface area contributed by atoms with E-state index >= 15 is 0 Å². The zero-order valence-corrected chi connectivity index (χ0v) is 15.7. The summed E-state index contributed by atoms with van der Waals surface area (Å²) in [7, 11) is 0. The van der Waals surface area contributed by atoms with Crippen molar-refractivity contribution in [2.24, 2.45) is 0 Å². The molecule has 1 aliphatic rings. The van der Waals surface area contributed by atoms with Gasteiger partial charge in [0.1, 0.15) is 17.1 Å². The van der Waals surface area contributed by atoms with E-state index in [1.54, 1.807) is 18.3 Å². The van der Waals surface area contributed by atoms with Crippen LogP contribution in [0.5, 0.6) is 0 Å². The maximum absolute atomic E-state index is 11.4. The Morgan fingerprint density at radius 1 is 1.40 bits per heavy atom. The van der Waals surface area contributed by atoms with E-state index in [2.05, 4.69) is 34.8 Å². The summed E-state index contributed by atoms with van der Waals surface area (Å²) in [4.78, 5) is 20.8. The molecule has 1 aliphatic heterocycles. The average Bonchev–Trinajstić information content (AvgIpc) is 3.18. The standard InChI is InChI=1S/C19H23N3O2S/c1-11(2)19-21-16-9-20-15-6-7-25-18(15)17(16)22(19)13-4-5-14(24-10-13)8-12(3)23/h6-7,9,11,13-14H,4-5,8,10H2,1-3H3/t13-,14+/m0/s1. The van der Waals surface area contributed by atoms with E-state index in [1.165, 1.54) is 10.2 Å². The molecule has 4 heterocycles. The number of ketones is 1. The molecule has 1 saturated heterocycles. The zero-order chi connectivity index (χ0) is 17.6. The highest BCUT2D eigenvalue weighted by Crippen LogP contribution is 2.36. The van der Waals surface area contributed by atoms with Crippen LogP contribution in [0.4, 0.5) is 0 Å². The van der Waals surface area contributed by atoms with Crippen molar-refractivity contribution in [1.29, 1.82) is 0 Å². The van der Waals surface area contributed by atoms with Crippen LogP contribution in [0.3, 0.4) is 0 Å². The number of carbonyl (C=O) groups is 1. The van der Waals surface area contributed by atoms with Crippen molar-refractivity contribution >= 4 is 38.4 Å².